The fraction of sp³-hybridized carbons (Fsp3) is 0.333. The third-order valence-corrected chi connectivity index (χ3v) is 5.10. The van der Waals surface area contributed by atoms with Gasteiger partial charge in [0.2, 0.25) is 0 Å². The molecular weight excluding hydrogens is 384 g/mol. The van der Waals surface area contributed by atoms with E-state index < -0.39 is 23.6 Å². The second kappa shape index (κ2) is 7.85. The lowest BCUT2D eigenvalue weighted by molar-refractivity contribution is 0.0312. The minimum absolute atomic E-state index is 0.0532. The van der Waals surface area contributed by atoms with Gasteiger partial charge >= 0.3 is 11.9 Å². The number of aromatic nitrogens is 4. The summed E-state index contributed by atoms with van der Waals surface area (Å²) in [6.07, 6.45) is 1.94. The Labute approximate surface area is 163 Å². The average Bonchev–Trinajstić information content (AvgIpc) is 2.99. The molecule has 0 aliphatic carbocycles. The number of carbonyl (C=O) groups excluding carboxylic acids is 2. The van der Waals surface area contributed by atoms with Crippen LogP contribution in [0.4, 0.5) is 0 Å². The Hall–Kier alpha value is -3.14. The predicted octanol–water partition coefficient (Wildman–Crippen LogP) is 2.49. The Bertz CT molecular complexity index is 1100. The van der Waals surface area contributed by atoms with Crippen LogP contribution in [0.2, 0.25) is 0 Å². The first-order valence-corrected chi connectivity index (χ1v) is 9.33. The van der Waals surface area contributed by atoms with Crippen LogP contribution in [0.15, 0.2) is 17.2 Å². The second-order valence-electron chi connectivity index (χ2n) is 6.00. The number of ether oxygens (including phenoxy) is 2. The van der Waals surface area contributed by atoms with Crippen molar-refractivity contribution in [1.82, 2.24) is 19.9 Å². The summed E-state index contributed by atoms with van der Waals surface area (Å²) in [5, 5.41) is 0.319. The zero-order valence-corrected chi connectivity index (χ0v) is 16.5. The topological polar surface area (TPSA) is 124 Å². The van der Waals surface area contributed by atoms with Crippen molar-refractivity contribution in [1.29, 1.82) is 0 Å². The highest BCUT2D eigenvalue weighted by molar-refractivity contribution is 7.20. The number of nitrogens with one attached hydrogen (secondary N) is 1. The van der Waals surface area contributed by atoms with Crippen LogP contribution in [0.1, 0.15) is 57.2 Å². The summed E-state index contributed by atoms with van der Waals surface area (Å²) in [5.74, 6) is -1.01. The Morgan fingerprint density at radius 3 is 2.61 bits per heavy atom. The van der Waals surface area contributed by atoms with E-state index in [9.17, 15) is 14.4 Å². The molecule has 0 aliphatic rings. The Balaban J connectivity index is 1.90. The van der Waals surface area contributed by atoms with Crippen molar-refractivity contribution < 1.29 is 19.1 Å². The van der Waals surface area contributed by atoms with Gasteiger partial charge in [-0.25, -0.2) is 19.6 Å². The van der Waals surface area contributed by atoms with Crippen LogP contribution in [0.5, 0.6) is 0 Å². The molecule has 0 unspecified atom stereocenters. The zero-order valence-electron chi connectivity index (χ0n) is 15.7. The minimum Gasteiger partial charge on any atom is -0.462 e. The van der Waals surface area contributed by atoms with E-state index in [1.165, 1.54) is 12.4 Å². The molecule has 1 atom stereocenters. The van der Waals surface area contributed by atoms with Gasteiger partial charge in [0, 0.05) is 6.20 Å². The molecule has 0 aliphatic heterocycles. The standard InChI is InChI=1S/C18H18N4O5S/c1-5-26-18(25)13-9(3)12-15(23)21-14(22-16(12)28-13)10(4)27-17(24)11-7-19-8(2)6-20-11/h6-7,10H,5H2,1-4H3,(H,21,22,23)/t10-/m1/s1. The van der Waals surface area contributed by atoms with E-state index in [0.29, 0.717) is 26.4 Å². The fourth-order valence-corrected chi connectivity index (χ4v) is 3.60. The monoisotopic (exact) mass is 402 g/mol. The first kappa shape index (κ1) is 19.6. The molecule has 0 spiro atoms. The van der Waals surface area contributed by atoms with Crippen LogP contribution in [-0.4, -0.2) is 38.5 Å². The number of fused-ring (bicyclic) bond motifs is 1. The van der Waals surface area contributed by atoms with E-state index in [0.717, 1.165) is 11.3 Å². The highest BCUT2D eigenvalue weighted by atomic mass is 32.1. The van der Waals surface area contributed by atoms with E-state index in [2.05, 4.69) is 19.9 Å². The zero-order chi connectivity index (χ0) is 20.4. The van der Waals surface area contributed by atoms with Gasteiger partial charge in [-0.05, 0) is 33.3 Å². The van der Waals surface area contributed by atoms with E-state index >= 15 is 0 Å². The molecule has 146 valence electrons. The summed E-state index contributed by atoms with van der Waals surface area (Å²) in [6, 6.07) is 0. The molecule has 3 rings (SSSR count). The van der Waals surface area contributed by atoms with Gasteiger partial charge in [0.25, 0.3) is 5.56 Å². The van der Waals surface area contributed by atoms with Gasteiger partial charge in [-0.15, -0.1) is 11.3 Å². The largest absolute Gasteiger partial charge is 0.462 e. The van der Waals surface area contributed by atoms with Gasteiger partial charge in [-0.1, -0.05) is 0 Å². The van der Waals surface area contributed by atoms with E-state index in [1.807, 2.05) is 0 Å². The van der Waals surface area contributed by atoms with Crippen molar-refractivity contribution in [2.24, 2.45) is 0 Å². The third kappa shape index (κ3) is 3.77. The number of carbonyl (C=O) groups is 2. The molecule has 3 aromatic heterocycles. The lowest BCUT2D eigenvalue weighted by Gasteiger charge is -2.12. The van der Waals surface area contributed by atoms with Gasteiger partial charge in [0.05, 0.1) is 23.9 Å². The average molecular weight is 402 g/mol. The highest BCUT2D eigenvalue weighted by Gasteiger charge is 2.23. The molecule has 0 amide bonds. The van der Waals surface area contributed by atoms with E-state index in [4.69, 9.17) is 9.47 Å². The number of H-pyrrole nitrogens is 1. The Morgan fingerprint density at radius 1 is 1.21 bits per heavy atom. The number of thiophene rings is 1. The smallest absolute Gasteiger partial charge is 0.359 e. The van der Waals surface area contributed by atoms with Crippen molar-refractivity contribution in [3.8, 4) is 0 Å². The summed E-state index contributed by atoms with van der Waals surface area (Å²) >= 11 is 1.07. The molecule has 0 fully saturated rings. The Kier molecular flexibility index (Phi) is 5.50. The molecule has 3 aromatic rings. The maximum Gasteiger partial charge on any atom is 0.359 e. The number of aryl methyl sites for hydroxylation is 2. The van der Waals surface area contributed by atoms with Gasteiger partial charge in [-0.2, -0.15) is 0 Å². The molecule has 9 nitrogen and oxygen atoms in total. The second-order valence-corrected chi connectivity index (χ2v) is 7.00. The molecule has 1 N–H and O–H groups in total. The number of rotatable bonds is 5. The van der Waals surface area contributed by atoms with Crippen molar-refractivity contribution in [2.45, 2.75) is 33.8 Å². The van der Waals surface area contributed by atoms with E-state index in [-0.39, 0.29) is 18.1 Å². The van der Waals surface area contributed by atoms with Crippen LogP contribution in [-0.2, 0) is 9.47 Å². The molecule has 3 heterocycles. The lowest BCUT2D eigenvalue weighted by atomic mass is 10.2. The van der Waals surface area contributed by atoms with Crippen LogP contribution in [0.25, 0.3) is 10.2 Å². The maximum atomic E-state index is 12.5. The molecule has 10 heteroatoms. The molecule has 0 radical (unpaired) electrons. The summed E-state index contributed by atoms with van der Waals surface area (Å²) < 4.78 is 10.3. The molecule has 0 aromatic carbocycles. The normalized spacial score (nSPS) is 12.0. The SMILES string of the molecule is CCOC(=O)c1sc2nc([C@@H](C)OC(=O)c3cnc(C)cn3)[nH]c(=O)c2c1C. The third-order valence-electron chi connectivity index (χ3n) is 3.94. The number of hydrogen-bond donors (Lipinski definition) is 1. The lowest BCUT2D eigenvalue weighted by Crippen LogP contribution is -2.18. The molecule has 0 bridgehead atoms. The van der Waals surface area contributed by atoms with Gasteiger partial charge in [-0.3, -0.25) is 9.78 Å². The van der Waals surface area contributed by atoms with Crippen LogP contribution >= 0.6 is 11.3 Å². The fourth-order valence-electron chi connectivity index (χ4n) is 2.52. The first-order chi connectivity index (χ1) is 13.3. The Morgan fingerprint density at radius 2 is 1.96 bits per heavy atom. The van der Waals surface area contributed by atoms with E-state index in [1.54, 1.807) is 27.7 Å². The molecule has 0 saturated heterocycles. The molecule has 0 saturated carbocycles. The van der Waals surface area contributed by atoms with Crippen molar-refractivity contribution in [3.05, 3.63) is 50.4 Å². The summed E-state index contributed by atoms with van der Waals surface area (Å²) in [5.41, 5.74) is 0.824. The maximum absolute atomic E-state index is 12.5. The molecule has 28 heavy (non-hydrogen) atoms. The van der Waals surface area contributed by atoms with Crippen LogP contribution in [0, 0.1) is 13.8 Å². The van der Waals surface area contributed by atoms with Crippen molar-refractivity contribution in [3.63, 3.8) is 0 Å². The van der Waals surface area contributed by atoms with Gasteiger partial charge < -0.3 is 14.5 Å². The highest BCUT2D eigenvalue weighted by Crippen LogP contribution is 2.28. The number of nitrogens with zero attached hydrogens (tertiary/aromatic N) is 3. The molecular formula is C18H18N4O5S. The number of hydrogen-bond acceptors (Lipinski definition) is 9. The van der Waals surface area contributed by atoms with Crippen LogP contribution in [0.3, 0.4) is 0 Å². The summed E-state index contributed by atoms with van der Waals surface area (Å²) in [7, 11) is 0. The predicted molar refractivity (Wildman–Crippen MR) is 102 cm³/mol. The van der Waals surface area contributed by atoms with Crippen molar-refractivity contribution >= 4 is 33.5 Å². The minimum atomic E-state index is -0.832. The van der Waals surface area contributed by atoms with Gasteiger partial charge in [0.1, 0.15) is 9.71 Å². The van der Waals surface area contributed by atoms with Gasteiger partial charge in [0.15, 0.2) is 17.6 Å². The van der Waals surface area contributed by atoms with Crippen molar-refractivity contribution in [2.75, 3.05) is 6.61 Å². The summed E-state index contributed by atoms with van der Waals surface area (Å²) in [6.45, 7) is 6.94. The van der Waals surface area contributed by atoms with Crippen LogP contribution < -0.4 is 5.56 Å². The first-order valence-electron chi connectivity index (χ1n) is 8.51. The number of aromatic amines is 1. The summed E-state index contributed by atoms with van der Waals surface area (Å²) in [4.78, 5) is 52.4. The quantitative estimate of drug-likeness (QED) is 0.646. The number of esters is 2.